The van der Waals surface area contributed by atoms with Gasteiger partial charge in [-0.05, 0) is 48.2 Å². The summed E-state index contributed by atoms with van der Waals surface area (Å²) in [5, 5.41) is 16.8. The number of rotatable bonds is 11. The van der Waals surface area contributed by atoms with Crippen LogP contribution in [0.3, 0.4) is 0 Å². The van der Waals surface area contributed by atoms with Crippen LogP contribution < -0.4 is 15.4 Å². The summed E-state index contributed by atoms with van der Waals surface area (Å²) in [5.74, 6) is 1.96. The van der Waals surface area contributed by atoms with Gasteiger partial charge in [-0.15, -0.1) is 0 Å². The van der Waals surface area contributed by atoms with Crippen molar-refractivity contribution < 1.29 is 23.8 Å². The third-order valence-electron chi connectivity index (χ3n) is 7.60. The number of likely N-dealkylation sites (tertiary alicyclic amines) is 1. The number of nitrogens with zero attached hydrogens (tertiary/aromatic N) is 4. The molecule has 1 saturated heterocycles. The van der Waals surface area contributed by atoms with Crippen molar-refractivity contribution in [3.8, 4) is 5.75 Å². The zero-order chi connectivity index (χ0) is 28.9. The van der Waals surface area contributed by atoms with Crippen LogP contribution in [0.5, 0.6) is 5.75 Å². The summed E-state index contributed by atoms with van der Waals surface area (Å²) in [7, 11) is 0. The van der Waals surface area contributed by atoms with Crippen LogP contribution >= 0.6 is 0 Å². The lowest BCUT2D eigenvalue weighted by molar-refractivity contribution is -0.138. The second kappa shape index (κ2) is 12.7. The summed E-state index contributed by atoms with van der Waals surface area (Å²) in [5.41, 5.74) is 4.09. The molecule has 3 aromatic rings. The summed E-state index contributed by atoms with van der Waals surface area (Å²) in [6, 6.07) is 7.52. The molecule has 1 atom stereocenters. The molecule has 11 heteroatoms. The van der Waals surface area contributed by atoms with E-state index in [-0.39, 0.29) is 30.3 Å². The molecule has 1 fully saturated rings. The molecule has 41 heavy (non-hydrogen) atoms. The molecule has 0 radical (unpaired) electrons. The molecule has 0 spiro atoms. The van der Waals surface area contributed by atoms with Crippen LogP contribution in [0, 0.1) is 12.8 Å². The first-order valence-electron chi connectivity index (χ1n) is 14.1. The van der Waals surface area contributed by atoms with E-state index in [2.05, 4.69) is 38.5 Å². The number of benzene rings is 1. The average molecular weight is 563 g/mol. The lowest BCUT2D eigenvalue weighted by atomic mass is 9.94. The first-order chi connectivity index (χ1) is 19.8. The van der Waals surface area contributed by atoms with Gasteiger partial charge in [-0.3, -0.25) is 14.5 Å². The Balaban J connectivity index is 1.07. The molecule has 218 valence electrons. The van der Waals surface area contributed by atoms with Gasteiger partial charge < -0.3 is 29.8 Å². The molecule has 0 aliphatic carbocycles. The molecule has 2 aromatic heterocycles. The highest BCUT2D eigenvalue weighted by atomic mass is 16.5. The van der Waals surface area contributed by atoms with E-state index in [0.717, 1.165) is 30.8 Å². The number of amides is 2. The fraction of sp³-hybridized carbons (Fsp3) is 0.467. The van der Waals surface area contributed by atoms with E-state index in [1.807, 2.05) is 24.8 Å². The van der Waals surface area contributed by atoms with Crippen LogP contribution in [-0.2, 0) is 24.4 Å². The Kier molecular flexibility index (Phi) is 8.84. The molecule has 1 unspecified atom stereocenters. The van der Waals surface area contributed by atoms with Crippen molar-refractivity contribution >= 4 is 17.6 Å². The van der Waals surface area contributed by atoms with E-state index in [4.69, 9.17) is 9.15 Å². The summed E-state index contributed by atoms with van der Waals surface area (Å²) >= 11 is 0. The molecular weight excluding hydrogens is 524 g/mol. The number of aliphatic hydroxyl groups excluding tert-OH is 1. The lowest BCUT2D eigenvalue weighted by Crippen LogP contribution is -2.58. The van der Waals surface area contributed by atoms with Gasteiger partial charge in [-0.1, -0.05) is 19.9 Å². The summed E-state index contributed by atoms with van der Waals surface area (Å²) in [6.07, 6.45) is 4.78. The minimum Gasteiger partial charge on any atom is -0.485 e. The second-order valence-corrected chi connectivity index (χ2v) is 11.1. The van der Waals surface area contributed by atoms with Crippen molar-refractivity contribution in [2.45, 2.75) is 52.5 Å². The number of β-amino-alcohol motifs (C(OH)–C–C–N with tert-alkyl or cyclic N) is 1. The molecule has 4 heterocycles. The monoisotopic (exact) mass is 562 g/mol. The molecule has 2 amide bonds. The number of oxazole rings is 1. The van der Waals surface area contributed by atoms with Crippen molar-refractivity contribution in [2.24, 2.45) is 5.92 Å². The van der Waals surface area contributed by atoms with Gasteiger partial charge in [0.15, 0.2) is 12.2 Å². The number of carbonyl (C=O) groups is 2. The predicted molar refractivity (Wildman–Crippen MR) is 152 cm³/mol. The Morgan fingerprint density at radius 1 is 1.24 bits per heavy atom. The fourth-order valence-electron chi connectivity index (χ4n) is 5.30. The summed E-state index contributed by atoms with van der Waals surface area (Å²) < 4.78 is 11.2. The van der Waals surface area contributed by atoms with E-state index in [1.54, 1.807) is 24.5 Å². The number of nitrogens with one attached hydrogen (secondary N) is 2. The first-order valence-corrected chi connectivity index (χ1v) is 14.1. The van der Waals surface area contributed by atoms with Crippen LogP contribution in [0.15, 0.2) is 47.5 Å². The molecule has 2 aliphatic rings. The van der Waals surface area contributed by atoms with Gasteiger partial charge in [0.1, 0.15) is 18.2 Å². The van der Waals surface area contributed by atoms with Gasteiger partial charge in [0, 0.05) is 56.9 Å². The quantitative estimate of drug-likeness (QED) is 0.322. The maximum Gasteiger partial charge on any atom is 0.251 e. The summed E-state index contributed by atoms with van der Waals surface area (Å²) in [6.45, 7) is 9.59. The topological polar surface area (TPSA) is 133 Å². The Labute approximate surface area is 239 Å². The molecule has 3 N–H and O–H groups in total. The van der Waals surface area contributed by atoms with E-state index in [1.165, 1.54) is 17.5 Å². The molecule has 11 nitrogen and oxygen atoms in total. The molecular formula is C30H38N6O5. The number of pyridine rings is 1. The largest absolute Gasteiger partial charge is 0.485 e. The van der Waals surface area contributed by atoms with E-state index in [9.17, 15) is 14.7 Å². The number of carbonyl (C=O) groups excluding carboxylic acids is 2. The maximum absolute atomic E-state index is 12.8. The average Bonchev–Trinajstić information content (AvgIpc) is 3.46. The minimum atomic E-state index is -0.704. The highest BCUT2D eigenvalue weighted by Crippen LogP contribution is 2.30. The van der Waals surface area contributed by atoms with Crippen molar-refractivity contribution in [1.29, 1.82) is 0 Å². The smallest absolute Gasteiger partial charge is 0.251 e. The molecule has 0 saturated carbocycles. The Morgan fingerprint density at radius 3 is 2.83 bits per heavy atom. The third-order valence-corrected chi connectivity index (χ3v) is 7.60. The fourth-order valence-corrected chi connectivity index (χ4v) is 5.30. The van der Waals surface area contributed by atoms with Crippen LogP contribution in [0.25, 0.3) is 0 Å². The Morgan fingerprint density at radius 2 is 2.07 bits per heavy atom. The van der Waals surface area contributed by atoms with Gasteiger partial charge in [-0.2, -0.15) is 0 Å². The van der Waals surface area contributed by atoms with Crippen LogP contribution in [0.1, 0.15) is 46.7 Å². The van der Waals surface area contributed by atoms with Crippen molar-refractivity contribution in [2.75, 3.05) is 38.0 Å². The number of aromatic nitrogens is 2. The maximum atomic E-state index is 12.8. The van der Waals surface area contributed by atoms with Crippen LogP contribution in [0.4, 0.5) is 5.82 Å². The first kappa shape index (κ1) is 28.6. The van der Waals surface area contributed by atoms with Crippen LogP contribution in [-0.4, -0.2) is 81.6 Å². The van der Waals surface area contributed by atoms with E-state index in [0.29, 0.717) is 43.4 Å². The normalized spacial score (nSPS) is 16.2. The number of aliphatic hydroxyl groups is 1. The van der Waals surface area contributed by atoms with Gasteiger partial charge in [0.2, 0.25) is 5.91 Å². The van der Waals surface area contributed by atoms with Crippen molar-refractivity contribution in [1.82, 2.24) is 25.1 Å². The van der Waals surface area contributed by atoms with E-state index >= 15 is 0 Å². The molecule has 2 aliphatic heterocycles. The number of hydrogen-bond acceptors (Lipinski definition) is 9. The number of anilines is 1. The number of fused-ring (bicyclic) bond motifs is 1. The van der Waals surface area contributed by atoms with E-state index < -0.39 is 6.10 Å². The van der Waals surface area contributed by atoms with Crippen molar-refractivity contribution in [3.05, 3.63) is 71.1 Å². The highest BCUT2D eigenvalue weighted by Gasteiger charge is 2.32. The van der Waals surface area contributed by atoms with Gasteiger partial charge in [0.25, 0.3) is 5.91 Å². The van der Waals surface area contributed by atoms with Crippen LogP contribution in [0.2, 0.25) is 0 Å². The lowest BCUT2D eigenvalue weighted by Gasteiger charge is -2.40. The third kappa shape index (κ3) is 7.04. The minimum absolute atomic E-state index is 0.0171. The Bertz CT molecular complexity index is 1360. The molecule has 0 bridgehead atoms. The zero-order valence-corrected chi connectivity index (χ0v) is 23.8. The highest BCUT2D eigenvalue weighted by molar-refractivity contribution is 5.94. The predicted octanol–water partition coefficient (Wildman–Crippen LogP) is 2.38. The van der Waals surface area contributed by atoms with Crippen molar-refractivity contribution in [3.63, 3.8) is 0 Å². The molecule has 1 aromatic carbocycles. The van der Waals surface area contributed by atoms with Gasteiger partial charge in [-0.25, -0.2) is 9.97 Å². The Hall–Kier alpha value is -3.96. The molecule has 5 rings (SSSR count). The zero-order valence-electron chi connectivity index (χ0n) is 23.8. The number of hydrogen-bond donors (Lipinski definition) is 3. The summed E-state index contributed by atoms with van der Waals surface area (Å²) in [4.78, 5) is 37.1. The second-order valence-electron chi connectivity index (χ2n) is 11.1. The number of ether oxygens (including phenoxy) is 1. The van der Waals surface area contributed by atoms with Gasteiger partial charge in [0.05, 0.1) is 18.3 Å². The van der Waals surface area contributed by atoms with Gasteiger partial charge >= 0.3 is 0 Å². The SMILES string of the molecule is Cc1c(OCc2cnco2)ccc2c1CCN(CC(O)CNC(=O)c1ccnc(NC3CN(C(=O)C(C)C)C3)c1)C2. The standard InChI is InChI=1S/C30H38N6O5/c1-19(2)30(39)36-14-23(15-36)34-28-10-21(6-8-32-28)29(38)33-11-24(37)16-35-9-7-26-20(3)27(5-4-22(26)13-35)40-17-25-12-31-18-41-25/h4-6,8,10,12,18-19,23-24,37H,7,9,11,13-17H2,1-3H3,(H,32,34)(H,33,38).